The van der Waals surface area contributed by atoms with Crippen LogP contribution in [0.2, 0.25) is 5.02 Å². The zero-order valence-corrected chi connectivity index (χ0v) is 20.3. The van der Waals surface area contributed by atoms with Crippen LogP contribution in [0.15, 0.2) is 52.1 Å². The van der Waals surface area contributed by atoms with E-state index < -0.39 is 0 Å². The molecule has 1 atom stereocenters. The molecule has 3 rings (SSSR count). The van der Waals surface area contributed by atoms with E-state index in [1.807, 2.05) is 26.0 Å². The van der Waals surface area contributed by atoms with E-state index in [9.17, 15) is 9.59 Å². The number of benzene rings is 2. The molecule has 0 radical (unpaired) electrons. The second kappa shape index (κ2) is 10.3. The van der Waals surface area contributed by atoms with Crippen molar-refractivity contribution in [1.29, 1.82) is 0 Å². The normalized spacial score (nSPS) is 11.8. The number of hydrogen-bond donors (Lipinski definition) is 2. The molecule has 0 bridgehead atoms. The fraction of sp³-hybridized carbons (Fsp3) is 0.238. The van der Waals surface area contributed by atoms with Gasteiger partial charge in [-0.05, 0) is 60.1 Å². The summed E-state index contributed by atoms with van der Waals surface area (Å²) in [5.74, 6) is 0.406. The molecule has 0 saturated carbocycles. The predicted octanol–water partition coefficient (Wildman–Crippen LogP) is 4.76. The van der Waals surface area contributed by atoms with Crippen molar-refractivity contribution < 1.29 is 9.59 Å². The van der Waals surface area contributed by atoms with Crippen molar-refractivity contribution >= 4 is 56.8 Å². The Balaban J connectivity index is 1.57. The summed E-state index contributed by atoms with van der Waals surface area (Å²) in [6.45, 7) is 3.81. The van der Waals surface area contributed by atoms with Gasteiger partial charge in [-0.2, -0.15) is 0 Å². The van der Waals surface area contributed by atoms with Crippen LogP contribution in [0.5, 0.6) is 0 Å². The lowest BCUT2D eigenvalue weighted by molar-refractivity contribution is -0.113. The van der Waals surface area contributed by atoms with E-state index in [2.05, 4.69) is 36.8 Å². The highest BCUT2D eigenvalue weighted by atomic mass is 79.9. The summed E-state index contributed by atoms with van der Waals surface area (Å²) in [5, 5.41) is 15.2. The molecular formula is C21H21BrClN5O2S. The van der Waals surface area contributed by atoms with E-state index in [4.69, 9.17) is 11.6 Å². The van der Waals surface area contributed by atoms with Gasteiger partial charge in [-0.25, -0.2) is 0 Å². The third-order valence-electron chi connectivity index (χ3n) is 4.45. The van der Waals surface area contributed by atoms with Crippen LogP contribution >= 0.6 is 39.3 Å². The minimum atomic E-state index is -0.346. The number of aromatic nitrogens is 3. The average Bonchev–Trinajstić information content (AvgIpc) is 3.10. The third-order valence-corrected chi connectivity index (χ3v) is 6.69. The maximum Gasteiger partial charge on any atom is 0.251 e. The summed E-state index contributed by atoms with van der Waals surface area (Å²) < 4.78 is 2.48. The summed E-state index contributed by atoms with van der Waals surface area (Å²) in [4.78, 5) is 24.7. The van der Waals surface area contributed by atoms with Crippen molar-refractivity contribution in [3.8, 4) is 0 Å². The summed E-state index contributed by atoms with van der Waals surface area (Å²) in [6.07, 6.45) is 0. The molecule has 0 spiro atoms. The standard InChI is InChI=1S/C21H21BrClN5O2S/c1-12-4-6-14(7-5-12)20(30)24-13(2)19-26-27-21(28(19)3)31-11-18(29)25-15-8-9-17(23)16(22)10-15/h4-10,13H,11H2,1-3H3,(H,24,30)(H,25,29). The lowest BCUT2D eigenvalue weighted by Gasteiger charge is -2.13. The molecule has 162 valence electrons. The molecule has 0 aliphatic carbocycles. The number of anilines is 1. The SMILES string of the molecule is Cc1ccc(C(=O)NC(C)c2nnc(SCC(=O)Nc3ccc(Cl)c(Br)c3)n2C)cc1. The lowest BCUT2D eigenvalue weighted by atomic mass is 10.1. The number of nitrogens with one attached hydrogen (secondary N) is 2. The van der Waals surface area contributed by atoms with Crippen LogP contribution in [0.25, 0.3) is 0 Å². The number of rotatable bonds is 7. The summed E-state index contributed by atoms with van der Waals surface area (Å²) in [7, 11) is 1.81. The van der Waals surface area contributed by atoms with E-state index >= 15 is 0 Å². The van der Waals surface area contributed by atoms with Crippen LogP contribution in [0.4, 0.5) is 5.69 Å². The predicted molar refractivity (Wildman–Crippen MR) is 127 cm³/mol. The van der Waals surface area contributed by atoms with Crippen molar-refractivity contribution in [3.63, 3.8) is 0 Å². The van der Waals surface area contributed by atoms with Gasteiger partial charge in [0.25, 0.3) is 5.91 Å². The highest BCUT2D eigenvalue weighted by Gasteiger charge is 2.19. The van der Waals surface area contributed by atoms with Crippen LogP contribution < -0.4 is 10.6 Å². The van der Waals surface area contributed by atoms with Crippen molar-refractivity contribution in [2.45, 2.75) is 25.0 Å². The number of amides is 2. The number of aryl methyl sites for hydroxylation is 1. The van der Waals surface area contributed by atoms with Gasteiger partial charge in [0.15, 0.2) is 11.0 Å². The van der Waals surface area contributed by atoms with Crippen LogP contribution in [-0.4, -0.2) is 32.3 Å². The van der Waals surface area contributed by atoms with E-state index in [1.54, 1.807) is 41.9 Å². The van der Waals surface area contributed by atoms with Crippen molar-refractivity contribution in [3.05, 3.63) is 68.9 Å². The zero-order chi connectivity index (χ0) is 22.5. The molecule has 7 nitrogen and oxygen atoms in total. The third kappa shape index (κ3) is 6.09. The average molecular weight is 523 g/mol. The van der Waals surface area contributed by atoms with E-state index in [1.165, 1.54) is 11.8 Å². The van der Waals surface area contributed by atoms with E-state index in [-0.39, 0.29) is 23.6 Å². The number of hydrogen-bond acceptors (Lipinski definition) is 5. The van der Waals surface area contributed by atoms with Gasteiger partial charge in [0.2, 0.25) is 5.91 Å². The molecule has 0 aliphatic rings. The molecule has 1 unspecified atom stereocenters. The minimum absolute atomic E-state index is 0.163. The number of nitrogens with zero attached hydrogens (tertiary/aromatic N) is 3. The molecule has 2 aromatic carbocycles. The largest absolute Gasteiger partial charge is 0.342 e. The van der Waals surface area contributed by atoms with Gasteiger partial charge in [-0.15, -0.1) is 10.2 Å². The number of carbonyl (C=O) groups is 2. The second-order valence-corrected chi connectivity index (χ2v) is 9.13. The maximum absolute atomic E-state index is 12.5. The summed E-state index contributed by atoms with van der Waals surface area (Å²) in [6, 6.07) is 12.2. The molecule has 0 fully saturated rings. The lowest BCUT2D eigenvalue weighted by Crippen LogP contribution is -2.28. The van der Waals surface area contributed by atoms with Gasteiger partial charge in [-0.3, -0.25) is 9.59 Å². The van der Waals surface area contributed by atoms with Gasteiger partial charge in [0.1, 0.15) is 0 Å². The molecule has 0 saturated heterocycles. The van der Waals surface area contributed by atoms with Crippen LogP contribution in [0.3, 0.4) is 0 Å². The van der Waals surface area contributed by atoms with Crippen LogP contribution in [0.1, 0.15) is 34.7 Å². The minimum Gasteiger partial charge on any atom is -0.342 e. The van der Waals surface area contributed by atoms with Crippen LogP contribution in [-0.2, 0) is 11.8 Å². The highest BCUT2D eigenvalue weighted by molar-refractivity contribution is 9.10. The number of thioether (sulfide) groups is 1. The number of halogens is 2. The Hall–Kier alpha value is -2.36. The van der Waals surface area contributed by atoms with Crippen LogP contribution in [0, 0.1) is 6.92 Å². The highest BCUT2D eigenvalue weighted by Crippen LogP contribution is 2.26. The van der Waals surface area contributed by atoms with Crippen molar-refractivity contribution in [2.75, 3.05) is 11.1 Å². The smallest absolute Gasteiger partial charge is 0.251 e. The second-order valence-electron chi connectivity index (χ2n) is 6.93. The van der Waals surface area contributed by atoms with Gasteiger partial charge < -0.3 is 15.2 Å². The van der Waals surface area contributed by atoms with E-state index in [0.717, 1.165) is 5.56 Å². The molecule has 10 heteroatoms. The Morgan fingerprint density at radius 3 is 2.58 bits per heavy atom. The first kappa shape index (κ1) is 23.3. The van der Waals surface area contributed by atoms with Gasteiger partial charge in [0.05, 0.1) is 16.8 Å². The molecule has 2 amide bonds. The monoisotopic (exact) mass is 521 g/mol. The van der Waals surface area contributed by atoms with Crippen molar-refractivity contribution in [2.24, 2.45) is 7.05 Å². The molecule has 31 heavy (non-hydrogen) atoms. The molecule has 1 heterocycles. The Morgan fingerprint density at radius 1 is 1.19 bits per heavy atom. The summed E-state index contributed by atoms with van der Waals surface area (Å²) >= 11 is 10.6. The Morgan fingerprint density at radius 2 is 1.90 bits per heavy atom. The fourth-order valence-corrected chi connectivity index (χ4v) is 3.99. The quantitative estimate of drug-likeness (QED) is 0.437. The molecule has 3 aromatic rings. The van der Waals surface area contributed by atoms with Crippen molar-refractivity contribution in [1.82, 2.24) is 20.1 Å². The van der Waals surface area contributed by atoms with Gasteiger partial charge in [0, 0.05) is 22.8 Å². The first-order chi connectivity index (χ1) is 14.7. The zero-order valence-electron chi connectivity index (χ0n) is 17.1. The Bertz CT molecular complexity index is 1100. The molecule has 1 aromatic heterocycles. The van der Waals surface area contributed by atoms with E-state index in [0.29, 0.717) is 31.7 Å². The van der Waals surface area contributed by atoms with Gasteiger partial charge in [-0.1, -0.05) is 41.1 Å². The molecule has 2 N–H and O–H groups in total. The first-order valence-corrected chi connectivity index (χ1v) is 11.5. The Labute approximate surface area is 198 Å². The van der Waals surface area contributed by atoms with Gasteiger partial charge >= 0.3 is 0 Å². The topological polar surface area (TPSA) is 88.9 Å². The fourth-order valence-electron chi connectivity index (χ4n) is 2.78. The summed E-state index contributed by atoms with van der Waals surface area (Å²) in [5.41, 5.74) is 2.32. The molecular weight excluding hydrogens is 502 g/mol. The maximum atomic E-state index is 12.5. The Kier molecular flexibility index (Phi) is 7.74. The first-order valence-electron chi connectivity index (χ1n) is 9.39. The molecule has 0 aliphatic heterocycles. The number of carbonyl (C=O) groups excluding carboxylic acids is 2.